The van der Waals surface area contributed by atoms with Gasteiger partial charge >= 0.3 is 5.91 Å². The predicted octanol–water partition coefficient (Wildman–Crippen LogP) is 2.27. The van der Waals surface area contributed by atoms with Crippen LogP contribution < -0.4 is 20.3 Å². The van der Waals surface area contributed by atoms with E-state index in [-0.39, 0.29) is 12.4 Å². The van der Waals surface area contributed by atoms with E-state index in [2.05, 4.69) is 15.8 Å². The molecule has 3 N–H and O–H groups in total. The normalized spacial score (nSPS) is 10.2. The van der Waals surface area contributed by atoms with Gasteiger partial charge in [0, 0.05) is 6.20 Å². The van der Waals surface area contributed by atoms with Gasteiger partial charge in [-0.15, -0.1) is 0 Å². The number of hydrogen-bond acceptors (Lipinski definition) is 5. The first-order valence-electron chi connectivity index (χ1n) is 7.76. The zero-order chi connectivity index (χ0) is 18.4. The molecule has 2 heterocycles. The summed E-state index contributed by atoms with van der Waals surface area (Å²) in [7, 11) is 1.55. The highest BCUT2D eigenvalue weighted by atomic mass is 16.5. The molecule has 2 amide bonds. The Kier molecular flexibility index (Phi) is 5.23. The fourth-order valence-electron chi connectivity index (χ4n) is 2.18. The maximum atomic E-state index is 12.0. The first kappa shape index (κ1) is 17.2. The molecule has 0 atom stereocenters. The number of methoxy groups -OCH3 is 1. The molecule has 0 saturated heterocycles. The Balaban J connectivity index is 1.54. The van der Waals surface area contributed by atoms with Crippen LogP contribution in [0.4, 0.5) is 0 Å². The van der Waals surface area contributed by atoms with Gasteiger partial charge in [-0.2, -0.15) is 0 Å². The maximum absolute atomic E-state index is 12.0. The van der Waals surface area contributed by atoms with E-state index >= 15 is 0 Å². The highest BCUT2D eigenvalue weighted by Gasteiger charge is 2.14. The third kappa shape index (κ3) is 4.04. The molecule has 0 spiro atoms. The van der Waals surface area contributed by atoms with Gasteiger partial charge in [0.05, 0.1) is 7.11 Å². The highest BCUT2D eigenvalue weighted by Crippen LogP contribution is 2.26. The quantitative estimate of drug-likeness (QED) is 0.588. The third-order valence-corrected chi connectivity index (χ3v) is 3.46. The lowest BCUT2D eigenvalue weighted by Crippen LogP contribution is -2.41. The molecule has 0 radical (unpaired) electrons. The number of H-pyrrole nitrogens is 1. The van der Waals surface area contributed by atoms with E-state index < -0.39 is 11.8 Å². The maximum Gasteiger partial charge on any atom is 0.305 e. The zero-order valence-corrected chi connectivity index (χ0v) is 13.9. The Labute approximate surface area is 149 Å². The summed E-state index contributed by atoms with van der Waals surface area (Å²) >= 11 is 0. The number of nitrogens with one attached hydrogen (secondary N) is 3. The number of rotatable bonds is 6. The van der Waals surface area contributed by atoms with Crippen molar-refractivity contribution in [2.24, 2.45) is 0 Å². The van der Waals surface area contributed by atoms with Crippen LogP contribution in [0.25, 0.3) is 0 Å². The minimum absolute atomic E-state index is 0.0513. The van der Waals surface area contributed by atoms with Gasteiger partial charge in [-0.3, -0.25) is 20.4 Å². The number of carbonyl (C=O) groups is 2. The van der Waals surface area contributed by atoms with Crippen molar-refractivity contribution in [2.75, 3.05) is 7.11 Å². The third-order valence-electron chi connectivity index (χ3n) is 3.46. The molecule has 8 nitrogen and oxygen atoms in total. The second kappa shape index (κ2) is 7.93. The van der Waals surface area contributed by atoms with Crippen LogP contribution in [-0.2, 0) is 6.61 Å². The number of hydrogen-bond donors (Lipinski definition) is 3. The van der Waals surface area contributed by atoms with Crippen LogP contribution in [-0.4, -0.2) is 23.9 Å². The molecule has 0 bridgehead atoms. The number of aromatic nitrogens is 1. The zero-order valence-electron chi connectivity index (χ0n) is 13.9. The van der Waals surface area contributed by atoms with Crippen molar-refractivity contribution in [3.8, 4) is 11.5 Å². The van der Waals surface area contributed by atoms with Crippen molar-refractivity contribution in [1.82, 2.24) is 15.8 Å². The lowest BCUT2D eigenvalue weighted by atomic mass is 10.3. The fraction of sp³-hybridized carbons (Fsp3) is 0.111. The molecule has 0 fully saturated rings. The van der Waals surface area contributed by atoms with Crippen LogP contribution in [0.1, 0.15) is 26.8 Å². The van der Waals surface area contributed by atoms with E-state index in [0.29, 0.717) is 23.0 Å². The van der Waals surface area contributed by atoms with E-state index in [4.69, 9.17) is 13.9 Å². The minimum Gasteiger partial charge on any atom is -0.493 e. The average molecular weight is 355 g/mol. The molecule has 8 heteroatoms. The van der Waals surface area contributed by atoms with E-state index in [1.165, 1.54) is 6.07 Å². The predicted molar refractivity (Wildman–Crippen MR) is 91.8 cm³/mol. The Morgan fingerprint density at radius 2 is 1.77 bits per heavy atom. The van der Waals surface area contributed by atoms with Crippen LogP contribution >= 0.6 is 0 Å². The lowest BCUT2D eigenvalue weighted by molar-refractivity contribution is 0.0826. The first-order valence-corrected chi connectivity index (χ1v) is 7.76. The van der Waals surface area contributed by atoms with Gasteiger partial charge in [0.25, 0.3) is 5.91 Å². The Bertz CT molecular complexity index is 886. The SMILES string of the molecule is COc1ccccc1OCc1ccc(C(=O)NNC(=O)c2ccc[nH]2)o1. The van der Waals surface area contributed by atoms with Gasteiger partial charge in [0.1, 0.15) is 18.1 Å². The van der Waals surface area contributed by atoms with E-state index in [1.54, 1.807) is 43.6 Å². The fourth-order valence-corrected chi connectivity index (χ4v) is 2.18. The average Bonchev–Trinajstić information content (AvgIpc) is 3.36. The van der Waals surface area contributed by atoms with Gasteiger partial charge in [-0.05, 0) is 36.4 Å². The number of furan rings is 1. The van der Waals surface area contributed by atoms with E-state index in [0.717, 1.165) is 0 Å². The highest BCUT2D eigenvalue weighted by molar-refractivity contribution is 5.96. The van der Waals surface area contributed by atoms with Crippen molar-refractivity contribution in [3.63, 3.8) is 0 Å². The van der Waals surface area contributed by atoms with Gasteiger partial charge in [-0.25, -0.2) is 0 Å². The summed E-state index contributed by atoms with van der Waals surface area (Å²) in [4.78, 5) is 26.5. The molecule has 0 aliphatic carbocycles. The molecule has 3 aromatic rings. The number of benzene rings is 1. The lowest BCUT2D eigenvalue weighted by Gasteiger charge is -2.08. The van der Waals surface area contributed by atoms with Crippen LogP contribution in [0.2, 0.25) is 0 Å². The Morgan fingerprint density at radius 3 is 2.50 bits per heavy atom. The monoisotopic (exact) mass is 355 g/mol. The molecule has 0 aliphatic heterocycles. The largest absolute Gasteiger partial charge is 0.493 e. The van der Waals surface area contributed by atoms with Gasteiger partial charge in [-0.1, -0.05) is 12.1 Å². The van der Waals surface area contributed by atoms with Gasteiger partial charge in [0.2, 0.25) is 0 Å². The summed E-state index contributed by atoms with van der Waals surface area (Å²) < 4.78 is 16.3. The van der Waals surface area contributed by atoms with Crippen LogP contribution in [0.5, 0.6) is 11.5 Å². The van der Waals surface area contributed by atoms with Gasteiger partial charge < -0.3 is 18.9 Å². The van der Waals surface area contributed by atoms with Crippen LogP contribution in [0, 0.1) is 0 Å². The molecule has 2 aromatic heterocycles. The molecule has 134 valence electrons. The van der Waals surface area contributed by atoms with Crippen molar-refractivity contribution in [3.05, 3.63) is 71.9 Å². The number of para-hydroxylation sites is 2. The molecule has 0 saturated carbocycles. The topological polar surface area (TPSA) is 106 Å². The van der Waals surface area contributed by atoms with E-state index in [1.807, 2.05) is 12.1 Å². The summed E-state index contributed by atoms with van der Waals surface area (Å²) in [5.74, 6) is 0.634. The summed E-state index contributed by atoms with van der Waals surface area (Å²) in [5, 5.41) is 0. The second-order valence-electron chi connectivity index (χ2n) is 5.20. The Hall–Kier alpha value is -3.68. The second-order valence-corrected chi connectivity index (χ2v) is 5.20. The Morgan fingerprint density at radius 1 is 1.00 bits per heavy atom. The molecule has 26 heavy (non-hydrogen) atoms. The molecule has 1 aromatic carbocycles. The number of ether oxygens (including phenoxy) is 2. The summed E-state index contributed by atoms with van der Waals surface area (Å²) in [5.41, 5.74) is 4.90. The molecular weight excluding hydrogens is 338 g/mol. The number of hydrazine groups is 1. The van der Waals surface area contributed by atoms with Crippen molar-refractivity contribution >= 4 is 11.8 Å². The smallest absolute Gasteiger partial charge is 0.305 e. The van der Waals surface area contributed by atoms with Crippen molar-refractivity contribution in [2.45, 2.75) is 6.61 Å². The van der Waals surface area contributed by atoms with Crippen molar-refractivity contribution in [1.29, 1.82) is 0 Å². The molecule has 0 aliphatic rings. The summed E-state index contributed by atoms with van der Waals surface area (Å²) in [6.45, 7) is 0.127. The number of amides is 2. The molecular formula is C18H17N3O5. The van der Waals surface area contributed by atoms with Crippen LogP contribution in [0.3, 0.4) is 0 Å². The van der Waals surface area contributed by atoms with E-state index in [9.17, 15) is 9.59 Å². The molecule has 0 unspecified atom stereocenters. The molecule has 3 rings (SSSR count). The number of carbonyl (C=O) groups excluding carboxylic acids is 2. The summed E-state index contributed by atoms with van der Waals surface area (Å²) in [6.07, 6.45) is 1.61. The standard InChI is InChI=1S/C18H17N3O5/c1-24-14-6-2-3-7-15(14)25-11-12-8-9-16(26-12)18(23)21-20-17(22)13-5-4-10-19-13/h2-10,19H,11H2,1H3,(H,20,22)(H,21,23). The number of aromatic amines is 1. The van der Waals surface area contributed by atoms with Gasteiger partial charge in [0.15, 0.2) is 17.3 Å². The summed E-state index contributed by atoms with van der Waals surface area (Å²) in [6, 6.07) is 13.6. The van der Waals surface area contributed by atoms with Crippen molar-refractivity contribution < 1.29 is 23.5 Å². The van der Waals surface area contributed by atoms with Crippen LogP contribution in [0.15, 0.2) is 59.1 Å². The first-order chi connectivity index (χ1) is 12.7. The minimum atomic E-state index is -0.576.